The second-order valence-corrected chi connectivity index (χ2v) is 7.15. The molecule has 146 valence electrons. The molecule has 0 atom stereocenters. The van der Waals surface area contributed by atoms with Gasteiger partial charge in [-0.15, -0.1) is 12.4 Å². The molecule has 0 spiro atoms. The number of piperidine rings is 2. The van der Waals surface area contributed by atoms with Crippen molar-refractivity contribution in [3.8, 4) is 5.75 Å². The Hall–Kier alpha value is -2.05. The van der Waals surface area contributed by atoms with Crippen molar-refractivity contribution in [2.24, 2.45) is 0 Å². The van der Waals surface area contributed by atoms with E-state index < -0.39 is 5.54 Å². The molecule has 0 aliphatic carbocycles. The van der Waals surface area contributed by atoms with Crippen LogP contribution in [-0.2, 0) is 10.3 Å². The average molecular weight is 391 g/mol. The normalized spacial score (nSPS) is 19.9. The van der Waals surface area contributed by atoms with Crippen LogP contribution in [0.1, 0.15) is 25.7 Å². The van der Waals surface area contributed by atoms with Gasteiger partial charge < -0.3 is 15.0 Å². The predicted molar refractivity (Wildman–Crippen MR) is 106 cm³/mol. The fraction of sp³-hybridized carbons (Fsp3) is 0.500. The molecule has 2 aliphatic rings. The Kier molecular flexibility index (Phi) is 6.39. The predicted octanol–water partition coefficient (Wildman–Crippen LogP) is 2.45. The number of rotatable bonds is 4. The summed E-state index contributed by atoms with van der Waals surface area (Å²) in [4.78, 5) is 15.4. The van der Waals surface area contributed by atoms with Crippen molar-refractivity contribution in [3.63, 3.8) is 0 Å². The van der Waals surface area contributed by atoms with Crippen molar-refractivity contribution in [1.82, 2.24) is 20.0 Å². The topological polar surface area (TPSA) is 59.4 Å². The van der Waals surface area contributed by atoms with Crippen LogP contribution < -0.4 is 10.1 Å². The van der Waals surface area contributed by atoms with Gasteiger partial charge in [0.1, 0.15) is 17.4 Å². The maximum absolute atomic E-state index is 13.4. The van der Waals surface area contributed by atoms with Crippen LogP contribution in [0.4, 0.5) is 0 Å². The molecule has 4 rings (SSSR count). The monoisotopic (exact) mass is 390 g/mol. The number of halogens is 1. The van der Waals surface area contributed by atoms with E-state index in [1.165, 1.54) is 0 Å². The molecule has 2 aromatic rings. The fourth-order valence-corrected chi connectivity index (χ4v) is 4.07. The SMILES string of the molecule is Cl.O=C(N1CCC(Oc2ccccc2)CC1)C1(n2cccn2)CCNCC1. The number of carbonyl (C=O) groups is 1. The molecule has 0 saturated carbocycles. The number of nitrogens with one attached hydrogen (secondary N) is 1. The summed E-state index contributed by atoms with van der Waals surface area (Å²) in [7, 11) is 0. The van der Waals surface area contributed by atoms with Crippen LogP contribution in [0.15, 0.2) is 48.8 Å². The van der Waals surface area contributed by atoms with Crippen molar-refractivity contribution in [1.29, 1.82) is 0 Å². The maximum Gasteiger partial charge on any atom is 0.250 e. The van der Waals surface area contributed by atoms with E-state index in [0.29, 0.717) is 0 Å². The molecule has 1 aromatic carbocycles. The number of benzene rings is 1. The molecule has 7 heteroatoms. The van der Waals surface area contributed by atoms with E-state index in [0.717, 1.165) is 57.6 Å². The molecule has 2 aliphatic heterocycles. The maximum atomic E-state index is 13.4. The van der Waals surface area contributed by atoms with Crippen molar-refractivity contribution in [3.05, 3.63) is 48.8 Å². The second-order valence-electron chi connectivity index (χ2n) is 7.15. The third-order valence-electron chi connectivity index (χ3n) is 5.55. The van der Waals surface area contributed by atoms with Gasteiger partial charge in [0.2, 0.25) is 0 Å². The van der Waals surface area contributed by atoms with Crippen molar-refractivity contribution >= 4 is 18.3 Å². The lowest BCUT2D eigenvalue weighted by Gasteiger charge is -2.42. The first-order chi connectivity index (χ1) is 12.8. The van der Waals surface area contributed by atoms with E-state index in [9.17, 15) is 4.79 Å². The fourth-order valence-electron chi connectivity index (χ4n) is 4.07. The second kappa shape index (κ2) is 8.76. The van der Waals surface area contributed by atoms with Gasteiger partial charge >= 0.3 is 0 Å². The number of ether oxygens (including phenoxy) is 1. The zero-order valence-corrected chi connectivity index (χ0v) is 16.2. The molecule has 0 unspecified atom stereocenters. The van der Waals surface area contributed by atoms with Gasteiger partial charge in [-0.05, 0) is 44.1 Å². The quantitative estimate of drug-likeness (QED) is 0.871. The van der Waals surface area contributed by atoms with Gasteiger partial charge in [0.15, 0.2) is 0 Å². The molecule has 27 heavy (non-hydrogen) atoms. The molecule has 1 aromatic heterocycles. The van der Waals surface area contributed by atoms with Crippen molar-refractivity contribution in [2.75, 3.05) is 26.2 Å². The highest BCUT2D eigenvalue weighted by Crippen LogP contribution is 2.31. The molecule has 1 amide bonds. The number of amides is 1. The first kappa shape index (κ1) is 19.7. The highest BCUT2D eigenvalue weighted by molar-refractivity contribution is 5.85. The van der Waals surface area contributed by atoms with Gasteiger partial charge in [0.25, 0.3) is 5.91 Å². The van der Waals surface area contributed by atoms with E-state index in [2.05, 4.69) is 10.4 Å². The third kappa shape index (κ3) is 4.12. The van der Waals surface area contributed by atoms with Gasteiger partial charge in [-0.2, -0.15) is 5.10 Å². The van der Waals surface area contributed by atoms with Crippen molar-refractivity contribution < 1.29 is 9.53 Å². The minimum absolute atomic E-state index is 0. The number of hydrogen-bond acceptors (Lipinski definition) is 4. The first-order valence-electron chi connectivity index (χ1n) is 9.50. The largest absolute Gasteiger partial charge is 0.490 e. The Bertz CT molecular complexity index is 709. The minimum Gasteiger partial charge on any atom is -0.490 e. The van der Waals surface area contributed by atoms with Crippen LogP contribution in [0.2, 0.25) is 0 Å². The Morgan fingerprint density at radius 3 is 2.44 bits per heavy atom. The van der Waals surface area contributed by atoms with Crippen LogP contribution in [0, 0.1) is 0 Å². The molecule has 3 heterocycles. The summed E-state index contributed by atoms with van der Waals surface area (Å²) in [5, 5.41) is 7.78. The summed E-state index contributed by atoms with van der Waals surface area (Å²) in [6, 6.07) is 11.8. The van der Waals surface area contributed by atoms with E-state index in [1.807, 2.05) is 52.2 Å². The highest BCUT2D eigenvalue weighted by atomic mass is 35.5. The Labute approximate surface area is 166 Å². The van der Waals surface area contributed by atoms with E-state index >= 15 is 0 Å². The van der Waals surface area contributed by atoms with E-state index in [4.69, 9.17) is 4.74 Å². The van der Waals surface area contributed by atoms with Gasteiger partial charge in [0.05, 0.1) is 0 Å². The Morgan fingerprint density at radius 1 is 1.11 bits per heavy atom. The summed E-state index contributed by atoms with van der Waals surface area (Å²) in [6.07, 6.45) is 7.17. The number of hydrogen-bond donors (Lipinski definition) is 1. The number of carbonyl (C=O) groups excluding carboxylic acids is 1. The minimum atomic E-state index is -0.540. The zero-order valence-electron chi connectivity index (χ0n) is 15.4. The Morgan fingerprint density at radius 2 is 1.81 bits per heavy atom. The van der Waals surface area contributed by atoms with Crippen LogP contribution in [0.25, 0.3) is 0 Å². The highest BCUT2D eigenvalue weighted by Gasteiger charge is 2.45. The van der Waals surface area contributed by atoms with Crippen molar-refractivity contribution in [2.45, 2.75) is 37.3 Å². The van der Waals surface area contributed by atoms with E-state index in [1.54, 1.807) is 6.20 Å². The standard InChI is InChI=1S/C20H26N4O2.ClH/c25-19(20(9-12-21-13-10-20)24-14-4-11-22-24)23-15-7-18(8-16-23)26-17-5-2-1-3-6-17;/h1-6,11,14,18,21H,7-10,12-13,15-16H2;1H. The third-order valence-corrected chi connectivity index (χ3v) is 5.55. The molecule has 0 bridgehead atoms. The molecule has 2 saturated heterocycles. The molecule has 2 fully saturated rings. The number of likely N-dealkylation sites (tertiary alicyclic amines) is 1. The van der Waals surface area contributed by atoms with Crippen LogP contribution in [0.3, 0.4) is 0 Å². The van der Waals surface area contributed by atoms with Gasteiger partial charge in [-0.3, -0.25) is 9.48 Å². The van der Waals surface area contributed by atoms with Gasteiger partial charge in [0, 0.05) is 38.3 Å². The molecule has 1 N–H and O–H groups in total. The first-order valence-corrected chi connectivity index (χ1v) is 9.50. The lowest BCUT2D eigenvalue weighted by Crippen LogP contribution is -2.57. The summed E-state index contributed by atoms with van der Waals surface area (Å²) in [5.74, 6) is 1.12. The molecular formula is C20H27ClN4O2. The Balaban J connectivity index is 0.00000210. The van der Waals surface area contributed by atoms with Crippen LogP contribution in [-0.4, -0.2) is 52.9 Å². The van der Waals surface area contributed by atoms with Crippen LogP contribution >= 0.6 is 12.4 Å². The smallest absolute Gasteiger partial charge is 0.250 e. The summed E-state index contributed by atoms with van der Waals surface area (Å²) in [5.41, 5.74) is -0.540. The van der Waals surface area contributed by atoms with Gasteiger partial charge in [-0.25, -0.2) is 0 Å². The summed E-state index contributed by atoms with van der Waals surface area (Å²) in [6.45, 7) is 3.18. The summed E-state index contributed by atoms with van der Waals surface area (Å²) >= 11 is 0. The summed E-state index contributed by atoms with van der Waals surface area (Å²) < 4.78 is 7.94. The molecular weight excluding hydrogens is 364 g/mol. The van der Waals surface area contributed by atoms with Crippen LogP contribution in [0.5, 0.6) is 5.75 Å². The number of nitrogens with zero attached hydrogens (tertiary/aromatic N) is 3. The van der Waals surface area contributed by atoms with E-state index in [-0.39, 0.29) is 24.4 Å². The molecule has 6 nitrogen and oxygen atoms in total. The zero-order chi connectivity index (χ0) is 17.8. The van der Waals surface area contributed by atoms with Gasteiger partial charge in [-0.1, -0.05) is 18.2 Å². The lowest BCUT2D eigenvalue weighted by atomic mass is 9.86. The molecule has 0 radical (unpaired) electrons. The number of aromatic nitrogens is 2. The average Bonchev–Trinajstić information content (AvgIpc) is 3.25. The lowest BCUT2D eigenvalue weighted by molar-refractivity contribution is -0.145. The number of para-hydroxylation sites is 1.